The molecule has 2 unspecified atom stereocenters. The highest BCUT2D eigenvalue weighted by Gasteiger charge is 2.54. The molecule has 0 radical (unpaired) electrons. The third-order valence-corrected chi connectivity index (χ3v) is 4.24. The van der Waals surface area contributed by atoms with Crippen LogP contribution in [0.1, 0.15) is 6.92 Å². The maximum atomic E-state index is 14.0. The maximum absolute atomic E-state index is 14.0. The normalized spacial score (nSPS) is 43.2. The zero-order valence-electron chi connectivity index (χ0n) is 10.7. The van der Waals surface area contributed by atoms with Gasteiger partial charge >= 0.3 is 6.03 Å². The van der Waals surface area contributed by atoms with Crippen molar-refractivity contribution in [3.8, 4) is 0 Å². The van der Waals surface area contributed by atoms with E-state index >= 15 is 0 Å². The molecule has 3 fully saturated rings. The molecule has 2 amide bonds. The van der Waals surface area contributed by atoms with Gasteiger partial charge in [-0.15, -0.1) is 0 Å². The molecule has 5 nitrogen and oxygen atoms in total. The lowest BCUT2D eigenvalue weighted by molar-refractivity contribution is 0.135. The fourth-order valence-electron chi connectivity index (χ4n) is 3.14. The molecule has 2 heterocycles. The highest BCUT2D eigenvalue weighted by atomic mass is 19.1. The van der Waals surface area contributed by atoms with E-state index in [-0.39, 0.29) is 12.6 Å². The lowest BCUT2D eigenvalue weighted by atomic mass is 10.1. The second-order valence-electron chi connectivity index (χ2n) is 5.97. The Morgan fingerprint density at radius 2 is 2.11 bits per heavy atom. The third kappa shape index (κ3) is 2.31. The lowest BCUT2D eigenvalue weighted by Gasteiger charge is -2.26. The van der Waals surface area contributed by atoms with Crippen LogP contribution in [0.5, 0.6) is 0 Å². The van der Waals surface area contributed by atoms with Crippen molar-refractivity contribution in [2.24, 2.45) is 11.8 Å². The standard InChI is InChI=1S/C12H21FN4O/c1-12(13)6-14-2-3-17(7-12)11(18)16-10-8-4-15-5-9(8)10/h8-10,14-15H,2-7H2,1H3,(H,16,18)/t8-,9+,10?,12?. The molecule has 0 aromatic heterocycles. The third-order valence-electron chi connectivity index (χ3n) is 4.24. The number of hydrogen-bond acceptors (Lipinski definition) is 3. The van der Waals surface area contributed by atoms with E-state index in [1.807, 2.05) is 0 Å². The van der Waals surface area contributed by atoms with E-state index in [1.165, 1.54) is 0 Å². The fraction of sp³-hybridized carbons (Fsp3) is 0.917. The molecule has 18 heavy (non-hydrogen) atoms. The average Bonchev–Trinajstić information content (AvgIpc) is 2.79. The van der Waals surface area contributed by atoms with Crippen LogP contribution < -0.4 is 16.0 Å². The number of urea groups is 1. The Kier molecular flexibility index (Phi) is 2.94. The van der Waals surface area contributed by atoms with Crippen LogP contribution in [-0.2, 0) is 0 Å². The minimum absolute atomic E-state index is 0.109. The predicted molar refractivity (Wildman–Crippen MR) is 66.1 cm³/mol. The van der Waals surface area contributed by atoms with Crippen LogP contribution >= 0.6 is 0 Å². The number of piperidine rings is 1. The first-order valence-electron chi connectivity index (χ1n) is 6.73. The molecule has 4 atom stereocenters. The van der Waals surface area contributed by atoms with E-state index < -0.39 is 5.67 Å². The molecule has 0 bridgehead atoms. The van der Waals surface area contributed by atoms with Gasteiger partial charge in [-0.1, -0.05) is 0 Å². The molecule has 3 N–H and O–H groups in total. The molecule has 0 spiro atoms. The van der Waals surface area contributed by atoms with Crippen molar-refractivity contribution in [3.63, 3.8) is 0 Å². The number of nitrogens with one attached hydrogen (secondary N) is 3. The summed E-state index contributed by atoms with van der Waals surface area (Å²) >= 11 is 0. The van der Waals surface area contributed by atoms with Gasteiger partial charge in [-0.05, 0) is 18.8 Å². The summed E-state index contributed by atoms with van der Waals surface area (Å²) in [5, 5.41) is 9.36. The van der Waals surface area contributed by atoms with Crippen molar-refractivity contribution in [2.75, 3.05) is 39.3 Å². The number of halogens is 1. The summed E-state index contributed by atoms with van der Waals surface area (Å²) in [7, 11) is 0. The molecule has 102 valence electrons. The van der Waals surface area contributed by atoms with Crippen molar-refractivity contribution < 1.29 is 9.18 Å². The molecule has 1 saturated carbocycles. The van der Waals surface area contributed by atoms with E-state index in [2.05, 4.69) is 16.0 Å². The Bertz CT molecular complexity index is 339. The van der Waals surface area contributed by atoms with E-state index in [0.717, 1.165) is 13.1 Å². The fourth-order valence-corrected chi connectivity index (χ4v) is 3.14. The highest BCUT2D eigenvalue weighted by Crippen LogP contribution is 2.41. The minimum Gasteiger partial charge on any atom is -0.335 e. The Labute approximate surface area is 106 Å². The van der Waals surface area contributed by atoms with Crippen LogP contribution in [0, 0.1) is 11.8 Å². The van der Waals surface area contributed by atoms with E-state index in [1.54, 1.807) is 11.8 Å². The van der Waals surface area contributed by atoms with E-state index in [4.69, 9.17) is 0 Å². The van der Waals surface area contributed by atoms with Gasteiger partial charge < -0.3 is 20.9 Å². The Morgan fingerprint density at radius 1 is 1.39 bits per heavy atom. The summed E-state index contributed by atoms with van der Waals surface area (Å²) in [4.78, 5) is 13.7. The highest BCUT2D eigenvalue weighted by molar-refractivity contribution is 5.75. The first-order chi connectivity index (χ1) is 8.57. The zero-order chi connectivity index (χ0) is 12.8. The van der Waals surface area contributed by atoms with Crippen LogP contribution in [0.3, 0.4) is 0 Å². The summed E-state index contributed by atoms with van der Waals surface area (Å²) in [6.45, 7) is 5.26. The van der Waals surface area contributed by atoms with Crippen molar-refractivity contribution in [1.29, 1.82) is 0 Å². The molecular weight excluding hydrogens is 235 g/mol. The van der Waals surface area contributed by atoms with Crippen LogP contribution in [0.25, 0.3) is 0 Å². The number of nitrogens with zero attached hydrogens (tertiary/aromatic N) is 1. The zero-order valence-corrected chi connectivity index (χ0v) is 10.7. The number of fused-ring (bicyclic) bond motifs is 1. The topological polar surface area (TPSA) is 56.4 Å². The monoisotopic (exact) mass is 256 g/mol. The second-order valence-corrected chi connectivity index (χ2v) is 5.97. The van der Waals surface area contributed by atoms with Gasteiger partial charge in [-0.25, -0.2) is 9.18 Å². The summed E-state index contributed by atoms with van der Waals surface area (Å²) < 4.78 is 14.0. The number of hydrogen-bond donors (Lipinski definition) is 3. The second kappa shape index (κ2) is 4.35. The van der Waals surface area contributed by atoms with Crippen molar-refractivity contribution >= 4 is 6.03 Å². The van der Waals surface area contributed by atoms with Gasteiger partial charge in [0.2, 0.25) is 0 Å². The molecule has 0 aromatic rings. The van der Waals surface area contributed by atoms with Crippen molar-refractivity contribution in [2.45, 2.75) is 18.6 Å². The molecule has 0 aromatic carbocycles. The Balaban J connectivity index is 1.55. The first-order valence-corrected chi connectivity index (χ1v) is 6.73. The van der Waals surface area contributed by atoms with Crippen LogP contribution in [0.4, 0.5) is 9.18 Å². The molecule has 3 rings (SSSR count). The molecular formula is C12H21FN4O. The number of rotatable bonds is 1. The molecule has 1 aliphatic carbocycles. The lowest BCUT2D eigenvalue weighted by Crippen LogP contribution is -2.48. The molecule has 6 heteroatoms. The van der Waals surface area contributed by atoms with Crippen molar-refractivity contribution in [1.82, 2.24) is 20.9 Å². The average molecular weight is 256 g/mol. The van der Waals surface area contributed by atoms with Gasteiger partial charge in [0, 0.05) is 38.8 Å². The largest absolute Gasteiger partial charge is 0.335 e. The Hall–Kier alpha value is -0.880. The molecule has 2 aliphatic heterocycles. The minimum atomic E-state index is -1.34. The number of amides is 2. The van der Waals surface area contributed by atoms with Crippen LogP contribution in [0.2, 0.25) is 0 Å². The summed E-state index contributed by atoms with van der Waals surface area (Å²) in [6.07, 6.45) is 0. The smallest absolute Gasteiger partial charge is 0.317 e. The summed E-state index contributed by atoms with van der Waals surface area (Å²) in [5.74, 6) is 1.19. The summed E-state index contributed by atoms with van der Waals surface area (Å²) in [6, 6.07) is 0.197. The van der Waals surface area contributed by atoms with E-state index in [9.17, 15) is 9.18 Å². The molecule has 2 saturated heterocycles. The van der Waals surface area contributed by atoms with Gasteiger partial charge in [0.15, 0.2) is 0 Å². The maximum Gasteiger partial charge on any atom is 0.317 e. The predicted octanol–water partition coefficient (Wildman–Crippen LogP) is -0.453. The van der Waals surface area contributed by atoms with Crippen LogP contribution in [-0.4, -0.2) is 61.9 Å². The van der Waals surface area contributed by atoms with Gasteiger partial charge in [0.25, 0.3) is 0 Å². The SMILES string of the molecule is CC1(F)CNCCN(C(=O)NC2[C@H]3CNC[C@@H]23)C1. The number of alkyl halides is 1. The number of carbonyl (C=O) groups excluding carboxylic acids is 1. The first kappa shape index (κ1) is 12.2. The van der Waals surface area contributed by atoms with Gasteiger partial charge in [0.1, 0.15) is 5.67 Å². The number of carbonyl (C=O) groups is 1. The van der Waals surface area contributed by atoms with Crippen LogP contribution in [0.15, 0.2) is 0 Å². The molecule has 3 aliphatic rings. The Morgan fingerprint density at radius 3 is 2.83 bits per heavy atom. The van der Waals surface area contributed by atoms with Gasteiger partial charge in [-0.3, -0.25) is 0 Å². The van der Waals surface area contributed by atoms with E-state index in [0.29, 0.717) is 37.5 Å². The quantitative estimate of drug-likeness (QED) is 0.595. The van der Waals surface area contributed by atoms with Gasteiger partial charge in [0.05, 0.1) is 6.54 Å². The summed E-state index contributed by atoms with van der Waals surface area (Å²) in [5.41, 5.74) is -1.34. The van der Waals surface area contributed by atoms with Crippen molar-refractivity contribution in [3.05, 3.63) is 0 Å². The van der Waals surface area contributed by atoms with Gasteiger partial charge in [-0.2, -0.15) is 0 Å².